The van der Waals surface area contributed by atoms with Crippen molar-refractivity contribution >= 4 is 17.6 Å². The number of anilines is 1. The molecule has 210 valence electrons. The van der Waals surface area contributed by atoms with E-state index in [4.69, 9.17) is 14.2 Å². The molecule has 1 aliphatic heterocycles. The van der Waals surface area contributed by atoms with Gasteiger partial charge >= 0.3 is 5.97 Å². The number of carbonyl (C=O) groups excluding carboxylic acids is 1. The van der Waals surface area contributed by atoms with Gasteiger partial charge in [-0.05, 0) is 41.0 Å². The summed E-state index contributed by atoms with van der Waals surface area (Å²) in [6, 6.07) is 29.2. The summed E-state index contributed by atoms with van der Waals surface area (Å²) in [5.74, 6) is -0.702. The van der Waals surface area contributed by atoms with Gasteiger partial charge in [0.15, 0.2) is 0 Å². The lowest BCUT2D eigenvalue weighted by atomic mass is 10.0. The van der Waals surface area contributed by atoms with Gasteiger partial charge in [-0.1, -0.05) is 66.7 Å². The summed E-state index contributed by atoms with van der Waals surface area (Å²) < 4.78 is 17.5. The van der Waals surface area contributed by atoms with Gasteiger partial charge in [0, 0.05) is 25.7 Å². The van der Waals surface area contributed by atoms with Gasteiger partial charge in [-0.2, -0.15) is 0 Å². The highest BCUT2D eigenvalue weighted by Gasteiger charge is 2.19. The number of hydrogen-bond acceptors (Lipinski definition) is 6. The predicted molar refractivity (Wildman–Crippen MR) is 157 cm³/mol. The summed E-state index contributed by atoms with van der Waals surface area (Å²) >= 11 is 0. The molecule has 1 aliphatic rings. The largest absolute Gasteiger partial charge is 0.492 e. The van der Waals surface area contributed by atoms with E-state index in [0.29, 0.717) is 18.1 Å². The van der Waals surface area contributed by atoms with Crippen LogP contribution in [-0.4, -0.2) is 61.3 Å². The Hall–Kier alpha value is -4.66. The smallest absolute Gasteiger partial charge is 0.337 e. The zero-order chi connectivity index (χ0) is 28.4. The van der Waals surface area contributed by atoms with Crippen molar-refractivity contribution in [2.24, 2.45) is 0 Å². The number of carboxylic acid groups (broad SMARTS) is 1. The second-order valence-corrected chi connectivity index (χ2v) is 9.62. The quantitative estimate of drug-likeness (QED) is 0.250. The molecule has 8 heteroatoms. The van der Waals surface area contributed by atoms with E-state index in [9.17, 15) is 14.7 Å². The van der Waals surface area contributed by atoms with Crippen LogP contribution in [0.3, 0.4) is 0 Å². The van der Waals surface area contributed by atoms with Crippen LogP contribution in [0, 0.1) is 0 Å². The normalized spacial score (nSPS) is 13.4. The molecule has 0 aromatic heterocycles. The number of amides is 1. The average Bonchev–Trinajstić information content (AvgIpc) is 3.01. The molecular formula is C33H32N2O6. The summed E-state index contributed by atoms with van der Waals surface area (Å²) in [4.78, 5) is 27.8. The zero-order valence-electron chi connectivity index (χ0n) is 22.6. The molecule has 0 bridgehead atoms. The van der Waals surface area contributed by atoms with Gasteiger partial charge in [0.1, 0.15) is 24.7 Å². The first-order valence-electron chi connectivity index (χ1n) is 13.5. The van der Waals surface area contributed by atoms with Gasteiger partial charge in [-0.25, -0.2) is 4.79 Å². The summed E-state index contributed by atoms with van der Waals surface area (Å²) in [6.07, 6.45) is 0. The maximum Gasteiger partial charge on any atom is 0.337 e. The Morgan fingerprint density at radius 1 is 0.805 bits per heavy atom. The van der Waals surface area contributed by atoms with E-state index >= 15 is 0 Å². The van der Waals surface area contributed by atoms with E-state index in [-0.39, 0.29) is 23.4 Å². The third-order valence-corrected chi connectivity index (χ3v) is 6.82. The molecule has 1 heterocycles. The summed E-state index contributed by atoms with van der Waals surface area (Å²) in [5.41, 5.74) is 3.10. The van der Waals surface area contributed by atoms with Crippen molar-refractivity contribution in [1.82, 2.24) is 4.90 Å². The topological polar surface area (TPSA) is 97.3 Å². The lowest BCUT2D eigenvalue weighted by molar-refractivity contribution is 0.0322. The Labute approximate surface area is 239 Å². The van der Waals surface area contributed by atoms with E-state index in [1.165, 1.54) is 6.07 Å². The number of carboxylic acids is 1. The fourth-order valence-corrected chi connectivity index (χ4v) is 4.59. The van der Waals surface area contributed by atoms with Crippen LogP contribution in [-0.2, 0) is 11.3 Å². The number of morpholine rings is 1. The molecule has 0 saturated carbocycles. The summed E-state index contributed by atoms with van der Waals surface area (Å²) in [7, 11) is 0. The molecule has 1 saturated heterocycles. The van der Waals surface area contributed by atoms with Crippen LogP contribution in [0.1, 0.15) is 26.3 Å². The first-order valence-corrected chi connectivity index (χ1v) is 13.5. The van der Waals surface area contributed by atoms with Crippen molar-refractivity contribution in [3.8, 4) is 22.6 Å². The molecule has 8 nitrogen and oxygen atoms in total. The van der Waals surface area contributed by atoms with E-state index in [0.717, 1.165) is 49.5 Å². The van der Waals surface area contributed by atoms with E-state index < -0.39 is 11.9 Å². The number of carbonyl (C=O) groups is 2. The van der Waals surface area contributed by atoms with Crippen molar-refractivity contribution in [3.05, 3.63) is 114 Å². The third kappa shape index (κ3) is 7.51. The predicted octanol–water partition coefficient (Wildman–Crippen LogP) is 5.59. The fourth-order valence-electron chi connectivity index (χ4n) is 4.59. The van der Waals surface area contributed by atoms with E-state index in [1.54, 1.807) is 30.3 Å². The van der Waals surface area contributed by atoms with Gasteiger partial charge in [0.05, 0.1) is 30.0 Å². The monoisotopic (exact) mass is 552 g/mol. The molecule has 4 aromatic rings. The van der Waals surface area contributed by atoms with Crippen LogP contribution in [0.2, 0.25) is 0 Å². The number of rotatable bonds is 11. The number of nitrogens with zero attached hydrogens (tertiary/aromatic N) is 1. The van der Waals surface area contributed by atoms with Crippen molar-refractivity contribution in [1.29, 1.82) is 0 Å². The van der Waals surface area contributed by atoms with Gasteiger partial charge in [-0.3, -0.25) is 9.69 Å². The minimum Gasteiger partial charge on any atom is -0.492 e. The van der Waals surface area contributed by atoms with Gasteiger partial charge in [0.25, 0.3) is 5.91 Å². The van der Waals surface area contributed by atoms with Crippen LogP contribution < -0.4 is 14.8 Å². The molecular weight excluding hydrogens is 520 g/mol. The molecule has 0 aliphatic carbocycles. The Balaban J connectivity index is 1.37. The Kier molecular flexibility index (Phi) is 9.26. The molecule has 0 unspecified atom stereocenters. The SMILES string of the molecule is O=C(O)c1ccc(-c2ccccc2)cc1NC(=O)c1ccc(OCCN2CCOCC2)cc1OCc1ccccc1. The standard InChI is InChI=1S/C33H32N2O6/c36-32(34-30-21-26(11-13-28(30)33(37)38)25-9-5-2-6-10-25)29-14-12-27(40-20-17-35-15-18-39-19-16-35)22-31(29)41-23-24-7-3-1-4-8-24/h1-14,21-22H,15-20,23H2,(H,34,36)(H,37,38). The first kappa shape index (κ1) is 27.9. The molecule has 0 radical (unpaired) electrons. The molecule has 4 aromatic carbocycles. The molecule has 1 amide bonds. The first-order chi connectivity index (χ1) is 20.1. The maximum absolute atomic E-state index is 13.6. The number of benzene rings is 4. The Bertz CT molecular complexity index is 1470. The minimum absolute atomic E-state index is 0.00662. The lowest BCUT2D eigenvalue weighted by Crippen LogP contribution is -2.38. The summed E-state index contributed by atoms with van der Waals surface area (Å²) in [5, 5.41) is 12.6. The van der Waals surface area contributed by atoms with Crippen molar-refractivity contribution in [3.63, 3.8) is 0 Å². The van der Waals surface area contributed by atoms with Crippen LogP contribution in [0.15, 0.2) is 97.1 Å². The molecule has 2 N–H and O–H groups in total. The average molecular weight is 553 g/mol. The van der Waals surface area contributed by atoms with E-state index in [1.807, 2.05) is 60.7 Å². The fraction of sp³-hybridized carbons (Fsp3) is 0.212. The van der Waals surface area contributed by atoms with Crippen LogP contribution in [0.25, 0.3) is 11.1 Å². The van der Waals surface area contributed by atoms with Gasteiger partial charge in [-0.15, -0.1) is 0 Å². The number of aromatic carboxylic acids is 1. The van der Waals surface area contributed by atoms with Crippen molar-refractivity contribution in [2.45, 2.75) is 6.61 Å². The second-order valence-electron chi connectivity index (χ2n) is 9.62. The molecule has 41 heavy (non-hydrogen) atoms. The van der Waals surface area contributed by atoms with E-state index in [2.05, 4.69) is 10.2 Å². The molecule has 5 rings (SSSR count). The van der Waals surface area contributed by atoms with Crippen molar-refractivity contribution in [2.75, 3.05) is 44.8 Å². The van der Waals surface area contributed by atoms with Crippen LogP contribution in [0.5, 0.6) is 11.5 Å². The second kappa shape index (κ2) is 13.6. The highest BCUT2D eigenvalue weighted by molar-refractivity contribution is 6.09. The van der Waals surface area contributed by atoms with Gasteiger partial charge in [0.2, 0.25) is 0 Å². The summed E-state index contributed by atoms with van der Waals surface area (Å²) in [6.45, 7) is 4.69. The lowest BCUT2D eigenvalue weighted by Gasteiger charge is -2.26. The van der Waals surface area contributed by atoms with Crippen molar-refractivity contribution < 1.29 is 28.9 Å². The molecule has 1 fully saturated rings. The molecule has 0 atom stereocenters. The maximum atomic E-state index is 13.6. The number of nitrogens with one attached hydrogen (secondary N) is 1. The van der Waals surface area contributed by atoms with Crippen LogP contribution >= 0.6 is 0 Å². The number of hydrogen-bond donors (Lipinski definition) is 2. The Morgan fingerprint density at radius 2 is 1.51 bits per heavy atom. The highest BCUT2D eigenvalue weighted by Crippen LogP contribution is 2.30. The number of ether oxygens (including phenoxy) is 3. The third-order valence-electron chi connectivity index (χ3n) is 6.82. The Morgan fingerprint density at radius 3 is 2.24 bits per heavy atom. The minimum atomic E-state index is -1.13. The van der Waals surface area contributed by atoms with Gasteiger partial charge < -0.3 is 24.6 Å². The molecule has 0 spiro atoms. The van der Waals surface area contributed by atoms with Crippen LogP contribution in [0.4, 0.5) is 5.69 Å². The zero-order valence-corrected chi connectivity index (χ0v) is 22.6. The highest BCUT2D eigenvalue weighted by atomic mass is 16.5.